The van der Waals surface area contributed by atoms with Crippen molar-refractivity contribution in [1.82, 2.24) is 24.6 Å². The van der Waals surface area contributed by atoms with Gasteiger partial charge >= 0.3 is 0 Å². The molecule has 0 N–H and O–H groups in total. The first-order valence-electron chi connectivity index (χ1n) is 9.38. The zero-order chi connectivity index (χ0) is 18.6. The number of hydrogen-bond acceptors (Lipinski definition) is 6. The molecule has 9 heteroatoms. The van der Waals surface area contributed by atoms with Crippen LogP contribution in [0.15, 0.2) is 28.0 Å². The van der Waals surface area contributed by atoms with E-state index in [-0.39, 0.29) is 11.8 Å². The Morgan fingerprint density at radius 2 is 1.85 bits per heavy atom. The number of aryl methyl sites for hydroxylation is 1. The Kier molecular flexibility index (Phi) is 5.47. The van der Waals surface area contributed by atoms with Crippen molar-refractivity contribution in [3.05, 3.63) is 30.0 Å². The number of piperazine rings is 1. The highest BCUT2D eigenvalue weighted by molar-refractivity contribution is 7.99. The number of aromatic nitrogens is 3. The van der Waals surface area contributed by atoms with Crippen LogP contribution in [0.5, 0.6) is 0 Å². The van der Waals surface area contributed by atoms with Crippen LogP contribution in [0.25, 0.3) is 0 Å². The van der Waals surface area contributed by atoms with Crippen LogP contribution in [-0.2, 0) is 17.8 Å². The molecule has 2 aliphatic heterocycles. The van der Waals surface area contributed by atoms with Gasteiger partial charge in [0.05, 0.1) is 12.0 Å². The minimum atomic E-state index is -0.118. The third-order valence-corrected chi connectivity index (χ3v) is 6.00. The molecule has 0 aliphatic carbocycles. The van der Waals surface area contributed by atoms with Gasteiger partial charge in [-0.25, -0.2) is 0 Å². The highest BCUT2D eigenvalue weighted by atomic mass is 32.2. The van der Waals surface area contributed by atoms with Gasteiger partial charge < -0.3 is 18.8 Å². The van der Waals surface area contributed by atoms with Crippen molar-refractivity contribution in [2.75, 3.05) is 31.9 Å². The number of nitrogens with zero attached hydrogens (tertiary/aromatic N) is 5. The molecule has 0 atom stereocenters. The van der Waals surface area contributed by atoms with Crippen LogP contribution in [0, 0.1) is 0 Å². The summed E-state index contributed by atoms with van der Waals surface area (Å²) in [6.45, 7) is 3.08. The molecule has 2 aromatic rings. The molecule has 0 unspecified atom stereocenters. The topological polar surface area (TPSA) is 84.5 Å². The normalized spacial score (nSPS) is 17.5. The van der Waals surface area contributed by atoms with E-state index in [0.29, 0.717) is 37.7 Å². The van der Waals surface area contributed by atoms with Crippen molar-refractivity contribution in [2.24, 2.45) is 0 Å². The quantitative estimate of drug-likeness (QED) is 0.740. The summed E-state index contributed by atoms with van der Waals surface area (Å²) in [5.41, 5.74) is 0. The Bertz CT molecular complexity index is 796. The summed E-state index contributed by atoms with van der Waals surface area (Å²) in [4.78, 5) is 28.4. The zero-order valence-corrected chi connectivity index (χ0v) is 16.0. The first-order chi connectivity index (χ1) is 13.2. The van der Waals surface area contributed by atoms with Crippen molar-refractivity contribution in [3.63, 3.8) is 0 Å². The minimum absolute atomic E-state index is 0.0797. The van der Waals surface area contributed by atoms with E-state index in [2.05, 4.69) is 14.8 Å². The molecule has 0 radical (unpaired) electrons. The van der Waals surface area contributed by atoms with Gasteiger partial charge in [0.25, 0.3) is 5.91 Å². The van der Waals surface area contributed by atoms with E-state index in [1.165, 1.54) is 24.4 Å². The number of amides is 2. The second kappa shape index (κ2) is 8.16. The van der Waals surface area contributed by atoms with E-state index >= 15 is 0 Å². The fourth-order valence-corrected chi connectivity index (χ4v) is 4.38. The van der Waals surface area contributed by atoms with Crippen LogP contribution in [0.2, 0.25) is 0 Å². The number of thioether (sulfide) groups is 1. The second-order valence-electron chi connectivity index (χ2n) is 6.80. The molecule has 1 fully saturated rings. The highest BCUT2D eigenvalue weighted by Crippen LogP contribution is 2.22. The van der Waals surface area contributed by atoms with E-state index < -0.39 is 0 Å². The standard InChI is InChI=1S/C18H23N5O3S/c24-16(13-27-18-20-19-15-6-2-1-3-7-23(15)18)21-8-10-22(11-9-21)17(25)14-5-4-12-26-14/h4-5,12H,1-3,6-11,13H2. The number of furan rings is 1. The number of fused-ring (bicyclic) bond motifs is 1. The van der Waals surface area contributed by atoms with E-state index in [0.717, 1.165) is 36.8 Å². The van der Waals surface area contributed by atoms with Crippen molar-refractivity contribution in [2.45, 2.75) is 37.4 Å². The van der Waals surface area contributed by atoms with Crippen LogP contribution in [0.3, 0.4) is 0 Å². The summed E-state index contributed by atoms with van der Waals surface area (Å²) in [7, 11) is 0. The number of hydrogen-bond donors (Lipinski definition) is 0. The van der Waals surface area contributed by atoms with E-state index in [9.17, 15) is 9.59 Å². The van der Waals surface area contributed by atoms with Gasteiger partial charge in [-0.05, 0) is 25.0 Å². The fraction of sp³-hybridized carbons (Fsp3) is 0.556. The number of rotatable bonds is 4. The molecule has 144 valence electrons. The summed E-state index contributed by atoms with van der Waals surface area (Å²) in [5.74, 6) is 1.69. The largest absolute Gasteiger partial charge is 0.459 e. The molecular formula is C18H23N5O3S. The third-order valence-electron chi connectivity index (χ3n) is 5.05. The van der Waals surface area contributed by atoms with Gasteiger partial charge in [0.1, 0.15) is 5.82 Å². The van der Waals surface area contributed by atoms with Gasteiger partial charge in [-0.3, -0.25) is 9.59 Å². The summed E-state index contributed by atoms with van der Waals surface area (Å²) < 4.78 is 7.32. The highest BCUT2D eigenvalue weighted by Gasteiger charge is 2.26. The number of carbonyl (C=O) groups is 2. The lowest BCUT2D eigenvalue weighted by Gasteiger charge is -2.34. The molecular weight excluding hydrogens is 366 g/mol. The van der Waals surface area contributed by atoms with E-state index in [1.54, 1.807) is 17.0 Å². The molecule has 0 spiro atoms. The first-order valence-corrected chi connectivity index (χ1v) is 10.4. The van der Waals surface area contributed by atoms with Crippen molar-refractivity contribution < 1.29 is 14.0 Å². The Labute approximate surface area is 161 Å². The van der Waals surface area contributed by atoms with Crippen LogP contribution in [-0.4, -0.2) is 68.3 Å². The Hall–Kier alpha value is -2.29. The molecule has 1 saturated heterocycles. The van der Waals surface area contributed by atoms with E-state index in [1.807, 2.05) is 4.90 Å². The average Bonchev–Trinajstić information content (AvgIpc) is 3.31. The Morgan fingerprint density at radius 1 is 1.04 bits per heavy atom. The molecule has 0 aromatic carbocycles. The molecule has 4 heterocycles. The van der Waals surface area contributed by atoms with Gasteiger partial charge in [0.15, 0.2) is 10.9 Å². The van der Waals surface area contributed by atoms with Crippen molar-refractivity contribution >= 4 is 23.6 Å². The maximum atomic E-state index is 12.6. The summed E-state index contributed by atoms with van der Waals surface area (Å²) in [6, 6.07) is 3.37. The van der Waals surface area contributed by atoms with Crippen molar-refractivity contribution in [3.8, 4) is 0 Å². The minimum Gasteiger partial charge on any atom is -0.459 e. The molecule has 2 aromatic heterocycles. The van der Waals surface area contributed by atoms with Crippen LogP contribution >= 0.6 is 11.8 Å². The van der Waals surface area contributed by atoms with Gasteiger partial charge in [-0.15, -0.1) is 10.2 Å². The lowest BCUT2D eigenvalue weighted by atomic mass is 10.2. The smallest absolute Gasteiger partial charge is 0.289 e. The summed E-state index contributed by atoms with van der Waals surface area (Å²) >= 11 is 1.46. The maximum absolute atomic E-state index is 12.6. The summed E-state index contributed by atoms with van der Waals surface area (Å²) in [5, 5.41) is 9.38. The molecule has 2 aliphatic rings. The fourth-order valence-electron chi connectivity index (χ4n) is 3.50. The predicted octanol–water partition coefficient (Wildman–Crippen LogP) is 1.67. The van der Waals surface area contributed by atoms with Gasteiger partial charge in [0.2, 0.25) is 5.91 Å². The Morgan fingerprint density at radius 3 is 2.63 bits per heavy atom. The average molecular weight is 389 g/mol. The molecule has 27 heavy (non-hydrogen) atoms. The van der Waals surface area contributed by atoms with Gasteiger partial charge in [0, 0.05) is 39.1 Å². The number of carbonyl (C=O) groups excluding carboxylic acids is 2. The second-order valence-corrected chi connectivity index (χ2v) is 7.74. The monoisotopic (exact) mass is 389 g/mol. The van der Waals surface area contributed by atoms with Crippen LogP contribution in [0.4, 0.5) is 0 Å². The van der Waals surface area contributed by atoms with Gasteiger partial charge in [-0.1, -0.05) is 18.2 Å². The molecule has 0 bridgehead atoms. The SMILES string of the molecule is O=C(CSc1nnc2n1CCCCC2)N1CCN(C(=O)c2ccco2)CC1. The molecule has 2 amide bonds. The maximum Gasteiger partial charge on any atom is 0.289 e. The molecule has 4 rings (SSSR count). The lowest BCUT2D eigenvalue weighted by Crippen LogP contribution is -2.51. The van der Waals surface area contributed by atoms with Crippen LogP contribution < -0.4 is 0 Å². The zero-order valence-electron chi connectivity index (χ0n) is 15.2. The first kappa shape index (κ1) is 18.1. The lowest BCUT2D eigenvalue weighted by molar-refractivity contribution is -0.129. The van der Waals surface area contributed by atoms with Gasteiger partial charge in [-0.2, -0.15) is 0 Å². The van der Waals surface area contributed by atoms with Crippen LogP contribution in [0.1, 0.15) is 35.6 Å². The van der Waals surface area contributed by atoms with E-state index in [4.69, 9.17) is 4.42 Å². The molecule has 0 saturated carbocycles. The summed E-state index contributed by atoms with van der Waals surface area (Å²) in [6.07, 6.45) is 5.97. The van der Waals surface area contributed by atoms with Crippen molar-refractivity contribution in [1.29, 1.82) is 0 Å². The Balaban J connectivity index is 1.28. The molecule has 8 nitrogen and oxygen atoms in total. The predicted molar refractivity (Wildman–Crippen MR) is 99.5 cm³/mol. The third kappa shape index (κ3) is 4.02.